The maximum absolute atomic E-state index is 12.7. The quantitative estimate of drug-likeness (QED) is 0.704. The molecule has 1 aliphatic rings. The molecule has 2 aromatic rings. The number of hydrogen-bond acceptors (Lipinski definition) is 5. The number of nitrogens with zero attached hydrogens (tertiary/aromatic N) is 2. The van der Waals surface area contributed by atoms with E-state index in [0.717, 1.165) is 34.6 Å². The molecule has 160 valence electrons. The van der Waals surface area contributed by atoms with Crippen molar-refractivity contribution in [2.75, 3.05) is 18.4 Å². The minimum absolute atomic E-state index is 0.0234. The van der Waals surface area contributed by atoms with Crippen LogP contribution in [0.2, 0.25) is 0 Å². The maximum Gasteiger partial charge on any atom is 0.248 e. The molecule has 7 heteroatoms. The van der Waals surface area contributed by atoms with Crippen molar-refractivity contribution in [1.82, 2.24) is 10.1 Å². The molecule has 1 unspecified atom stereocenters. The van der Waals surface area contributed by atoms with E-state index in [1.165, 1.54) is 0 Å². The molecular weight excluding hydrogens is 382 g/mol. The lowest BCUT2D eigenvalue weighted by molar-refractivity contribution is -0.130. The number of rotatable bonds is 7. The van der Waals surface area contributed by atoms with Gasteiger partial charge in [0.15, 0.2) is 0 Å². The van der Waals surface area contributed by atoms with Crippen molar-refractivity contribution >= 4 is 17.5 Å². The predicted octanol–water partition coefficient (Wildman–Crippen LogP) is 3.56. The average molecular weight is 412 g/mol. The number of amides is 2. The summed E-state index contributed by atoms with van der Waals surface area (Å²) in [6.07, 6.45) is 2.73. The number of carbonyl (C=O) groups is 2. The van der Waals surface area contributed by atoms with Crippen molar-refractivity contribution < 1.29 is 18.8 Å². The fourth-order valence-corrected chi connectivity index (χ4v) is 3.43. The highest BCUT2D eigenvalue weighted by atomic mass is 16.5. The van der Waals surface area contributed by atoms with Gasteiger partial charge in [-0.05, 0) is 51.8 Å². The van der Waals surface area contributed by atoms with Crippen molar-refractivity contribution in [3.63, 3.8) is 0 Å². The van der Waals surface area contributed by atoms with E-state index in [-0.39, 0.29) is 17.9 Å². The minimum Gasteiger partial charge on any atom is -0.371 e. The van der Waals surface area contributed by atoms with Crippen LogP contribution in [0.1, 0.15) is 42.8 Å². The molecule has 0 aliphatic carbocycles. The highest BCUT2D eigenvalue weighted by Gasteiger charge is 2.27. The monoisotopic (exact) mass is 411 g/mol. The first-order chi connectivity index (χ1) is 14.3. The number of aryl methyl sites for hydroxylation is 2. The van der Waals surface area contributed by atoms with Gasteiger partial charge in [0.25, 0.3) is 0 Å². The first kappa shape index (κ1) is 21.8. The molecule has 0 saturated carbocycles. The Morgan fingerprint density at radius 1 is 1.27 bits per heavy atom. The average Bonchev–Trinajstić information content (AvgIpc) is 3.28. The lowest BCUT2D eigenvalue weighted by Gasteiger charge is -2.17. The summed E-state index contributed by atoms with van der Waals surface area (Å²) in [5.74, 6) is 0.706. The van der Waals surface area contributed by atoms with Gasteiger partial charge in [-0.25, -0.2) is 0 Å². The molecule has 1 aromatic heterocycles. The van der Waals surface area contributed by atoms with Crippen LogP contribution in [0.15, 0.2) is 40.4 Å². The third-order valence-electron chi connectivity index (χ3n) is 5.14. The van der Waals surface area contributed by atoms with Crippen LogP contribution >= 0.6 is 0 Å². The molecule has 1 N–H and O–H groups in total. The number of aromatic nitrogens is 1. The lowest BCUT2D eigenvalue weighted by atomic mass is 10.1. The molecule has 0 radical (unpaired) electrons. The van der Waals surface area contributed by atoms with Gasteiger partial charge < -0.3 is 19.5 Å². The highest BCUT2D eigenvalue weighted by Crippen LogP contribution is 2.19. The van der Waals surface area contributed by atoms with Crippen LogP contribution in [0.3, 0.4) is 0 Å². The van der Waals surface area contributed by atoms with Crippen molar-refractivity contribution in [3.8, 4) is 0 Å². The topological polar surface area (TPSA) is 84.7 Å². The summed E-state index contributed by atoms with van der Waals surface area (Å²) >= 11 is 0. The van der Waals surface area contributed by atoms with Crippen LogP contribution < -0.4 is 5.32 Å². The van der Waals surface area contributed by atoms with E-state index in [2.05, 4.69) is 10.5 Å². The largest absolute Gasteiger partial charge is 0.371 e. The number of anilines is 1. The van der Waals surface area contributed by atoms with Gasteiger partial charge in [-0.15, -0.1) is 0 Å². The molecule has 1 saturated heterocycles. The van der Waals surface area contributed by atoms with E-state index in [0.29, 0.717) is 31.8 Å². The number of ether oxygens (including phenoxy) is 1. The Morgan fingerprint density at radius 3 is 2.63 bits per heavy atom. The van der Waals surface area contributed by atoms with Gasteiger partial charge in [-0.2, -0.15) is 0 Å². The SMILES string of the molecule is CC(C)=CC(=O)Nc1ccc(CC(=O)N2CCC(OCc3c(C)noc3C)C2)cc1. The predicted molar refractivity (Wildman–Crippen MR) is 114 cm³/mol. The third kappa shape index (κ3) is 5.79. The summed E-state index contributed by atoms with van der Waals surface area (Å²) in [6.45, 7) is 9.27. The molecule has 1 aromatic carbocycles. The summed E-state index contributed by atoms with van der Waals surface area (Å²) in [7, 11) is 0. The van der Waals surface area contributed by atoms with E-state index < -0.39 is 0 Å². The van der Waals surface area contributed by atoms with Crippen LogP contribution in [-0.2, 0) is 27.4 Å². The molecule has 1 atom stereocenters. The van der Waals surface area contributed by atoms with E-state index in [4.69, 9.17) is 9.26 Å². The summed E-state index contributed by atoms with van der Waals surface area (Å²) < 4.78 is 11.1. The summed E-state index contributed by atoms with van der Waals surface area (Å²) in [6, 6.07) is 7.38. The maximum atomic E-state index is 12.7. The van der Waals surface area contributed by atoms with Gasteiger partial charge in [-0.1, -0.05) is 22.9 Å². The Labute approximate surface area is 177 Å². The molecular formula is C23H29N3O4. The van der Waals surface area contributed by atoms with Crippen LogP contribution in [0.25, 0.3) is 0 Å². The van der Waals surface area contributed by atoms with Crippen LogP contribution in [-0.4, -0.2) is 41.1 Å². The van der Waals surface area contributed by atoms with Gasteiger partial charge >= 0.3 is 0 Å². The number of likely N-dealkylation sites (tertiary alicyclic amines) is 1. The second-order valence-corrected chi connectivity index (χ2v) is 7.95. The first-order valence-electron chi connectivity index (χ1n) is 10.2. The minimum atomic E-state index is -0.154. The van der Waals surface area contributed by atoms with Crippen molar-refractivity contribution in [3.05, 3.63) is 58.5 Å². The van der Waals surface area contributed by atoms with Gasteiger partial charge in [0.2, 0.25) is 11.8 Å². The molecule has 1 fully saturated rings. The summed E-state index contributed by atoms with van der Waals surface area (Å²) in [5.41, 5.74) is 4.40. The number of carbonyl (C=O) groups excluding carboxylic acids is 2. The zero-order valence-electron chi connectivity index (χ0n) is 18.0. The van der Waals surface area contributed by atoms with Crippen molar-refractivity contribution in [2.45, 2.75) is 53.2 Å². The van der Waals surface area contributed by atoms with E-state index in [9.17, 15) is 9.59 Å². The van der Waals surface area contributed by atoms with E-state index in [1.54, 1.807) is 6.08 Å². The van der Waals surface area contributed by atoms with Crippen LogP contribution in [0.5, 0.6) is 0 Å². The summed E-state index contributed by atoms with van der Waals surface area (Å²) in [5, 5.41) is 6.75. The Balaban J connectivity index is 1.47. The van der Waals surface area contributed by atoms with Crippen molar-refractivity contribution in [2.24, 2.45) is 0 Å². The molecule has 0 spiro atoms. The number of nitrogens with one attached hydrogen (secondary N) is 1. The summed E-state index contributed by atoms with van der Waals surface area (Å²) in [4.78, 5) is 26.3. The van der Waals surface area contributed by atoms with Gasteiger partial charge in [0.05, 0.1) is 24.8 Å². The fourth-order valence-electron chi connectivity index (χ4n) is 3.43. The van der Waals surface area contributed by atoms with E-state index >= 15 is 0 Å². The molecule has 2 amide bonds. The Bertz CT molecular complexity index is 907. The zero-order chi connectivity index (χ0) is 21.7. The zero-order valence-corrected chi connectivity index (χ0v) is 18.0. The lowest BCUT2D eigenvalue weighted by Crippen LogP contribution is -2.31. The number of allylic oxidation sites excluding steroid dienone is 1. The van der Waals surface area contributed by atoms with E-state index in [1.807, 2.05) is 56.9 Å². The number of hydrogen-bond donors (Lipinski definition) is 1. The van der Waals surface area contributed by atoms with Crippen molar-refractivity contribution in [1.29, 1.82) is 0 Å². The Hall–Kier alpha value is -2.93. The van der Waals surface area contributed by atoms with Crippen LogP contribution in [0, 0.1) is 13.8 Å². The van der Waals surface area contributed by atoms with Crippen LogP contribution in [0.4, 0.5) is 5.69 Å². The molecule has 30 heavy (non-hydrogen) atoms. The van der Waals surface area contributed by atoms with Gasteiger partial charge in [0, 0.05) is 30.4 Å². The molecule has 7 nitrogen and oxygen atoms in total. The number of benzene rings is 1. The second-order valence-electron chi connectivity index (χ2n) is 7.95. The van der Waals surface area contributed by atoms with Gasteiger partial charge in [0.1, 0.15) is 5.76 Å². The second kappa shape index (κ2) is 9.71. The standard InChI is InChI=1S/C23H29N3O4/c1-15(2)11-22(27)24-19-7-5-18(6-8-19)12-23(28)26-10-9-20(13-26)29-14-21-16(3)25-30-17(21)4/h5-8,11,20H,9-10,12-14H2,1-4H3,(H,24,27). The molecule has 0 bridgehead atoms. The highest BCUT2D eigenvalue weighted by molar-refractivity contribution is 5.99. The molecule has 1 aliphatic heterocycles. The third-order valence-corrected chi connectivity index (χ3v) is 5.14. The Kier molecular flexibility index (Phi) is 7.05. The van der Waals surface area contributed by atoms with Gasteiger partial charge in [-0.3, -0.25) is 9.59 Å². The normalized spacial score (nSPS) is 15.9. The smallest absolute Gasteiger partial charge is 0.248 e. The fraction of sp³-hybridized carbons (Fsp3) is 0.435. The Morgan fingerprint density at radius 2 is 2.00 bits per heavy atom. The first-order valence-corrected chi connectivity index (χ1v) is 10.2. The molecule has 3 rings (SSSR count). The molecule has 2 heterocycles.